The maximum atomic E-state index is 4.56. The first-order valence-corrected chi connectivity index (χ1v) is 8.28. The topological polar surface area (TPSA) is 63.6 Å². The van der Waals surface area contributed by atoms with Crippen molar-refractivity contribution in [2.45, 2.75) is 30.5 Å². The van der Waals surface area contributed by atoms with E-state index in [9.17, 15) is 0 Å². The molecule has 0 aliphatic rings. The van der Waals surface area contributed by atoms with E-state index < -0.39 is 0 Å². The van der Waals surface area contributed by atoms with E-state index in [0.717, 1.165) is 27.4 Å². The van der Waals surface area contributed by atoms with Crippen LogP contribution in [-0.2, 0) is 6.42 Å². The van der Waals surface area contributed by atoms with Gasteiger partial charge in [-0.15, -0.1) is 11.3 Å². The van der Waals surface area contributed by atoms with Crippen LogP contribution in [-0.4, -0.2) is 27.0 Å². The zero-order valence-corrected chi connectivity index (χ0v) is 13.7. The number of nitrogens with one attached hydrogen (secondary N) is 1. The standard InChI is InChI=1S/C14H15N5S2/c1-4-9-7-10-11(20-9)18-13(15-3)19-12(10)21-14-16-6-5-8(2)17-14/h5-7H,4H2,1-3H3,(H,15,18,19). The van der Waals surface area contributed by atoms with Gasteiger partial charge < -0.3 is 5.32 Å². The summed E-state index contributed by atoms with van der Waals surface area (Å²) in [6.07, 6.45) is 2.77. The molecule has 0 saturated carbocycles. The van der Waals surface area contributed by atoms with Crippen LogP contribution in [0, 0.1) is 6.92 Å². The highest BCUT2D eigenvalue weighted by atomic mass is 32.2. The first-order chi connectivity index (χ1) is 10.2. The lowest BCUT2D eigenvalue weighted by molar-refractivity contribution is 0.928. The summed E-state index contributed by atoms with van der Waals surface area (Å²) in [5.41, 5.74) is 0.950. The van der Waals surface area contributed by atoms with E-state index in [4.69, 9.17) is 0 Å². The highest BCUT2D eigenvalue weighted by molar-refractivity contribution is 7.99. The fraction of sp³-hybridized carbons (Fsp3) is 0.286. The van der Waals surface area contributed by atoms with Crippen molar-refractivity contribution in [3.05, 3.63) is 28.9 Å². The molecule has 0 radical (unpaired) electrons. The van der Waals surface area contributed by atoms with Gasteiger partial charge in [-0.25, -0.2) is 19.9 Å². The summed E-state index contributed by atoms with van der Waals surface area (Å²) in [5.74, 6) is 0.627. The molecule has 108 valence electrons. The minimum absolute atomic E-state index is 0.627. The van der Waals surface area contributed by atoms with E-state index in [2.05, 4.69) is 38.2 Å². The Morgan fingerprint density at radius 1 is 1.29 bits per heavy atom. The smallest absolute Gasteiger partial charge is 0.224 e. The second kappa shape index (κ2) is 5.95. The van der Waals surface area contributed by atoms with E-state index >= 15 is 0 Å². The second-order valence-electron chi connectivity index (χ2n) is 4.47. The number of fused-ring (bicyclic) bond motifs is 1. The molecule has 7 heteroatoms. The van der Waals surface area contributed by atoms with Gasteiger partial charge in [-0.3, -0.25) is 0 Å². The maximum Gasteiger partial charge on any atom is 0.224 e. The summed E-state index contributed by atoms with van der Waals surface area (Å²) >= 11 is 3.19. The third-order valence-corrected chi connectivity index (χ3v) is 5.00. The first kappa shape index (κ1) is 14.2. The van der Waals surface area contributed by atoms with Crippen LogP contribution in [0.3, 0.4) is 0 Å². The van der Waals surface area contributed by atoms with Gasteiger partial charge in [-0.2, -0.15) is 0 Å². The largest absolute Gasteiger partial charge is 0.357 e. The molecule has 0 aromatic carbocycles. The Balaban J connectivity index is 2.09. The lowest BCUT2D eigenvalue weighted by Gasteiger charge is -2.04. The van der Waals surface area contributed by atoms with Crippen LogP contribution in [0.15, 0.2) is 28.5 Å². The van der Waals surface area contributed by atoms with Gasteiger partial charge in [0.1, 0.15) is 9.86 Å². The average Bonchev–Trinajstić information content (AvgIpc) is 2.90. The van der Waals surface area contributed by atoms with Gasteiger partial charge in [0, 0.05) is 29.2 Å². The lowest BCUT2D eigenvalue weighted by atomic mass is 10.3. The molecular formula is C14H15N5S2. The molecule has 0 atom stereocenters. The highest BCUT2D eigenvalue weighted by Crippen LogP contribution is 2.34. The molecule has 3 aromatic rings. The van der Waals surface area contributed by atoms with Gasteiger partial charge in [0.2, 0.25) is 5.95 Å². The van der Waals surface area contributed by atoms with Gasteiger partial charge in [0.15, 0.2) is 5.16 Å². The number of rotatable bonds is 4. The first-order valence-electron chi connectivity index (χ1n) is 6.65. The number of nitrogens with zero attached hydrogens (tertiary/aromatic N) is 4. The van der Waals surface area contributed by atoms with Gasteiger partial charge in [-0.05, 0) is 37.2 Å². The molecule has 21 heavy (non-hydrogen) atoms. The highest BCUT2D eigenvalue weighted by Gasteiger charge is 2.13. The number of hydrogen-bond acceptors (Lipinski definition) is 7. The number of anilines is 1. The van der Waals surface area contributed by atoms with Crippen LogP contribution in [0.1, 0.15) is 17.5 Å². The minimum Gasteiger partial charge on any atom is -0.357 e. The minimum atomic E-state index is 0.627. The molecule has 1 N–H and O–H groups in total. The van der Waals surface area contributed by atoms with Crippen molar-refractivity contribution in [2.75, 3.05) is 12.4 Å². The van der Waals surface area contributed by atoms with Gasteiger partial charge in [0.25, 0.3) is 0 Å². The molecule has 0 bridgehead atoms. The van der Waals surface area contributed by atoms with Crippen LogP contribution in [0.25, 0.3) is 10.2 Å². The molecular weight excluding hydrogens is 302 g/mol. The molecule has 0 spiro atoms. The number of aromatic nitrogens is 4. The van der Waals surface area contributed by atoms with Crippen LogP contribution < -0.4 is 5.32 Å². The van der Waals surface area contributed by atoms with Crippen LogP contribution in [0.5, 0.6) is 0 Å². The summed E-state index contributed by atoms with van der Waals surface area (Å²) in [6.45, 7) is 4.10. The van der Waals surface area contributed by atoms with Gasteiger partial charge in [-0.1, -0.05) is 6.92 Å². The lowest BCUT2D eigenvalue weighted by Crippen LogP contribution is -1.97. The van der Waals surface area contributed by atoms with Crippen molar-refractivity contribution >= 4 is 39.3 Å². The summed E-state index contributed by atoms with van der Waals surface area (Å²) in [7, 11) is 1.83. The summed E-state index contributed by atoms with van der Waals surface area (Å²) < 4.78 is 0. The molecule has 0 aliphatic heterocycles. The van der Waals surface area contributed by atoms with Crippen molar-refractivity contribution in [3.63, 3.8) is 0 Å². The fourth-order valence-corrected chi connectivity index (χ4v) is 3.78. The van der Waals surface area contributed by atoms with Crippen molar-refractivity contribution < 1.29 is 0 Å². The maximum absolute atomic E-state index is 4.56. The van der Waals surface area contributed by atoms with Crippen LogP contribution in [0.4, 0.5) is 5.95 Å². The summed E-state index contributed by atoms with van der Waals surface area (Å²) in [5, 5.41) is 5.69. The number of aryl methyl sites for hydroxylation is 2. The van der Waals surface area contributed by atoms with Crippen molar-refractivity contribution in [1.82, 2.24) is 19.9 Å². The zero-order chi connectivity index (χ0) is 14.8. The Bertz CT molecular complexity index is 784. The summed E-state index contributed by atoms with van der Waals surface area (Å²) in [6, 6.07) is 4.05. The molecule has 0 fully saturated rings. The number of hydrogen-bond donors (Lipinski definition) is 1. The fourth-order valence-electron chi connectivity index (χ4n) is 1.87. The zero-order valence-electron chi connectivity index (χ0n) is 12.0. The van der Waals surface area contributed by atoms with E-state index in [0.29, 0.717) is 11.1 Å². The van der Waals surface area contributed by atoms with E-state index in [1.54, 1.807) is 17.5 Å². The molecule has 0 saturated heterocycles. The Hall–Kier alpha value is -1.73. The van der Waals surface area contributed by atoms with E-state index in [-0.39, 0.29) is 0 Å². The predicted octanol–water partition coefficient (Wildman–Crippen LogP) is 3.55. The molecule has 0 amide bonds. The van der Waals surface area contributed by atoms with E-state index in [1.165, 1.54) is 16.6 Å². The Morgan fingerprint density at radius 3 is 2.86 bits per heavy atom. The Labute approximate surface area is 131 Å². The molecule has 3 rings (SSSR count). The van der Waals surface area contributed by atoms with Gasteiger partial charge in [0.05, 0.1) is 0 Å². The Morgan fingerprint density at radius 2 is 2.14 bits per heavy atom. The van der Waals surface area contributed by atoms with Crippen LogP contribution >= 0.6 is 23.1 Å². The van der Waals surface area contributed by atoms with Crippen molar-refractivity contribution in [2.24, 2.45) is 0 Å². The second-order valence-corrected chi connectivity index (χ2v) is 6.54. The van der Waals surface area contributed by atoms with Crippen LogP contribution in [0.2, 0.25) is 0 Å². The molecule has 5 nitrogen and oxygen atoms in total. The quantitative estimate of drug-likeness (QED) is 0.586. The Kier molecular flexibility index (Phi) is 4.03. The monoisotopic (exact) mass is 317 g/mol. The van der Waals surface area contributed by atoms with Crippen molar-refractivity contribution in [3.8, 4) is 0 Å². The third-order valence-electron chi connectivity index (χ3n) is 2.94. The molecule has 0 aliphatic carbocycles. The van der Waals surface area contributed by atoms with E-state index in [1.807, 2.05) is 20.0 Å². The normalized spacial score (nSPS) is 11.0. The predicted molar refractivity (Wildman–Crippen MR) is 87.2 cm³/mol. The summed E-state index contributed by atoms with van der Waals surface area (Å²) in [4.78, 5) is 20.1. The SMILES string of the molecule is CCc1cc2c(Sc3nccc(C)n3)nc(NC)nc2s1. The van der Waals surface area contributed by atoms with Crippen molar-refractivity contribution in [1.29, 1.82) is 0 Å². The third kappa shape index (κ3) is 2.98. The van der Waals surface area contributed by atoms with Gasteiger partial charge >= 0.3 is 0 Å². The average molecular weight is 317 g/mol. The molecule has 0 unspecified atom stereocenters. The molecule has 3 heterocycles. The molecule has 3 aromatic heterocycles. The number of thiophene rings is 1.